The van der Waals surface area contributed by atoms with E-state index in [9.17, 15) is 8.78 Å². The van der Waals surface area contributed by atoms with E-state index in [1.54, 1.807) is 6.07 Å². The lowest BCUT2D eigenvalue weighted by molar-refractivity contribution is 0.293. The van der Waals surface area contributed by atoms with Crippen molar-refractivity contribution in [3.05, 3.63) is 35.4 Å². The first-order valence-electron chi connectivity index (χ1n) is 7.82. The molecule has 3 heteroatoms. The predicted molar refractivity (Wildman–Crippen MR) is 78.7 cm³/mol. The highest BCUT2D eigenvalue weighted by atomic mass is 19.2. The summed E-state index contributed by atoms with van der Waals surface area (Å²) >= 11 is 0. The number of benzene rings is 1. The molecule has 1 fully saturated rings. The van der Waals surface area contributed by atoms with Crippen LogP contribution in [0.2, 0.25) is 0 Å². The van der Waals surface area contributed by atoms with Gasteiger partial charge in [-0.05, 0) is 49.9 Å². The Hall–Kier alpha value is -0.960. The van der Waals surface area contributed by atoms with E-state index in [0.717, 1.165) is 12.0 Å². The van der Waals surface area contributed by atoms with E-state index < -0.39 is 11.6 Å². The molecule has 1 unspecified atom stereocenters. The third kappa shape index (κ3) is 4.27. The van der Waals surface area contributed by atoms with Gasteiger partial charge in [-0.3, -0.25) is 0 Å². The van der Waals surface area contributed by atoms with Crippen LogP contribution in [0.15, 0.2) is 18.2 Å². The van der Waals surface area contributed by atoms with Gasteiger partial charge in [0, 0.05) is 6.04 Å². The average molecular weight is 281 g/mol. The van der Waals surface area contributed by atoms with Gasteiger partial charge < -0.3 is 5.32 Å². The molecule has 0 saturated heterocycles. The molecule has 0 amide bonds. The Labute approximate surface area is 120 Å². The zero-order valence-electron chi connectivity index (χ0n) is 12.3. The first kappa shape index (κ1) is 15.4. The highest BCUT2D eigenvalue weighted by Gasteiger charge is 2.21. The van der Waals surface area contributed by atoms with Crippen molar-refractivity contribution in [1.29, 1.82) is 0 Å². The van der Waals surface area contributed by atoms with Crippen LogP contribution in [0.3, 0.4) is 0 Å². The Morgan fingerprint density at radius 2 is 1.70 bits per heavy atom. The monoisotopic (exact) mass is 281 g/mol. The molecule has 1 saturated carbocycles. The fourth-order valence-electron chi connectivity index (χ4n) is 3.32. The van der Waals surface area contributed by atoms with E-state index in [0.29, 0.717) is 12.0 Å². The van der Waals surface area contributed by atoms with Gasteiger partial charge in [0.15, 0.2) is 11.6 Å². The van der Waals surface area contributed by atoms with Crippen molar-refractivity contribution in [2.24, 2.45) is 5.92 Å². The predicted octanol–water partition coefficient (Wildman–Crippen LogP) is 4.46. The van der Waals surface area contributed by atoms with Crippen LogP contribution in [0, 0.1) is 17.6 Å². The van der Waals surface area contributed by atoms with Crippen LogP contribution in [0.5, 0.6) is 0 Å². The van der Waals surface area contributed by atoms with Gasteiger partial charge in [0.25, 0.3) is 0 Å². The van der Waals surface area contributed by atoms with Gasteiger partial charge in [-0.1, -0.05) is 38.2 Å². The van der Waals surface area contributed by atoms with Crippen molar-refractivity contribution < 1.29 is 8.78 Å². The van der Waals surface area contributed by atoms with E-state index in [2.05, 4.69) is 5.32 Å². The molecule has 20 heavy (non-hydrogen) atoms. The van der Waals surface area contributed by atoms with Crippen LogP contribution in [-0.2, 0) is 6.42 Å². The summed E-state index contributed by atoms with van der Waals surface area (Å²) in [6, 6.07) is 4.63. The summed E-state index contributed by atoms with van der Waals surface area (Å²) < 4.78 is 26.3. The molecule has 0 heterocycles. The smallest absolute Gasteiger partial charge is 0.159 e. The molecule has 0 radical (unpaired) electrons. The summed E-state index contributed by atoms with van der Waals surface area (Å²) in [4.78, 5) is 0. The van der Waals surface area contributed by atoms with Gasteiger partial charge >= 0.3 is 0 Å². The topological polar surface area (TPSA) is 12.0 Å². The molecule has 112 valence electrons. The molecular formula is C17H25F2N. The number of nitrogens with one attached hydrogen (secondary N) is 1. The van der Waals surface area contributed by atoms with Crippen LogP contribution in [-0.4, -0.2) is 13.1 Å². The fraction of sp³-hybridized carbons (Fsp3) is 0.647. The SMILES string of the molecule is CNC(Cc1ccc(F)c(F)c1)C1CCCCCCC1. The van der Waals surface area contributed by atoms with Crippen molar-refractivity contribution >= 4 is 0 Å². The van der Waals surface area contributed by atoms with Crippen LogP contribution < -0.4 is 5.32 Å². The first-order valence-corrected chi connectivity index (χ1v) is 7.82. The van der Waals surface area contributed by atoms with Gasteiger partial charge in [-0.25, -0.2) is 8.78 Å². The van der Waals surface area contributed by atoms with Gasteiger partial charge in [-0.2, -0.15) is 0 Å². The molecule has 0 aromatic heterocycles. The standard InChI is InChI=1S/C17H25F2N/c1-20-17(14-7-5-3-2-4-6-8-14)12-13-9-10-15(18)16(19)11-13/h9-11,14,17,20H,2-8,12H2,1H3. The zero-order chi connectivity index (χ0) is 14.4. The van der Waals surface area contributed by atoms with Crippen molar-refractivity contribution in [2.45, 2.75) is 57.4 Å². The van der Waals surface area contributed by atoms with Gasteiger partial charge in [0.1, 0.15) is 0 Å². The van der Waals surface area contributed by atoms with Gasteiger partial charge in [-0.15, -0.1) is 0 Å². The summed E-state index contributed by atoms with van der Waals surface area (Å²) in [5.74, 6) is -0.857. The number of likely N-dealkylation sites (N-methyl/N-ethyl adjacent to an activating group) is 1. The van der Waals surface area contributed by atoms with E-state index >= 15 is 0 Å². The highest BCUT2D eigenvalue weighted by Crippen LogP contribution is 2.26. The van der Waals surface area contributed by atoms with E-state index in [1.807, 2.05) is 7.05 Å². The lowest BCUT2D eigenvalue weighted by atomic mass is 9.83. The minimum atomic E-state index is -0.763. The minimum absolute atomic E-state index is 0.359. The Balaban J connectivity index is 2.00. The van der Waals surface area contributed by atoms with E-state index in [4.69, 9.17) is 0 Å². The second-order valence-corrected chi connectivity index (χ2v) is 5.95. The maximum absolute atomic E-state index is 13.3. The van der Waals surface area contributed by atoms with Crippen LogP contribution >= 0.6 is 0 Å². The molecule has 1 N–H and O–H groups in total. The summed E-state index contributed by atoms with van der Waals surface area (Å²) in [5, 5.41) is 3.39. The molecule has 2 rings (SSSR count). The Bertz CT molecular complexity index is 411. The summed E-state index contributed by atoms with van der Waals surface area (Å²) in [6.45, 7) is 0. The number of halogens is 2. The molecular weight excluding hydrogens is 256 g/mol. The molecule has 0 aliphatic heterocycles. The third-order valence-corrected chi connectivity index (χ3v) is 4.53. The summed E-state index contributed by atoms with van der Waals surface area (Å²) in [6.07, 6.45) is 9.88. The van der Waals surface area contributed by atoms with Crippen molar-refractivity contribution in [2.75, 3.05) is 7.05 Å². The maximum Gasteiger partial charge on any atom is 0.159 e. The highest BCUT2D eigenvalue weighted by molar-refractivity contribution is 5.19. The largest absolute Gasteiger partial charge is 0.316 e. The number of hydrogen-bond acceptors (Lipinski definition) is 1. The molecule has 0 bridgehead atoms. The Morgan fingerprint density at radius 3 is 2.30 bits per heavy atom. The van der Waals surface area contributed by atoms with Gasteiger partial charge in [0.2, 0.25) is 0 Å². The minimum Gasteiger partial charge on any atom is -0.316 e. The first-order chi connectivity index (χ1) is 9.70. The second kappa shape index (κ2) is 7.72. The van der Waals surface area contributed by atoms with E-state index in [-0.39, 0.29) is 0 Å². The number of hydrogen-bond donors (Lipinski definition) is 1. The molecule has 0 spiro atoms. The summed E-state index contributed by atoms with van der Waals surface area (Å²) in [5.41, 5.74) is 0.880. The normalized spacial score (nSPS) is 19.4. The lowest BCUT2D eigenvalue weighted by Crippen LogP contribution is -2.36. The lowest BCUT2D eigenvalue weighted by Gasteiger charge is -2.28. The maximum atomic E-state index is 13.3. The van der Waals surface area contributed by atoms with Crippen LogP contribution in [0.25, 0.3) is 0 Å². The second-order valence-electron chi connectivity index (χ2n) is 5.95. The quantitative estimate of drug-likeness (QED) is 0.859. The van der Waals surface area contributed by atoms with Gasteiger partial charge in [0.05, 0.1) is 0 Å². The van der Waals surface area contributed by atoms with Crippen LogP contribution in [0.1, 0.15) is 50.5 Å². The molecule has 1 aromatic carbocycles. The Kier molecular flexibility index (Phi) is 5.96. The molecule has 1 nitrogen and oxygen atoms in total. The molecule has 1 atom stereocenters. The van der Waals surface area contributed by atoms with Crippen molar-refractivity contribution in [3.8, 4) is 0 Å². The summed E-state index contributed by atoms with van der Waals surface area (Å²) in [7, 11) is 1.98. The fourth-order valence-corrected chi connectivity index (χ4v) is 3.32. The number of rotatable bonds is 4. The molecule has 1 aliphatic rings. The molecule has 1 aliphatic carbocycles. The van der Waals surface area contributed by atoms with E-state index in [1.165, 1.54) is 57.1 Å². The third-order valence-electron chi connectivity index (χ3n) is 4.53. The van der Waals surface area contributed by atoms with Crippen molar-refractivity contribution in [3.63, 3.8) is 0 Å². The zero-order valence-corrected chi connectivity index (χ0v) is 12.3. The van der Waals surface area contributed by atoms with Crippen molar-refractivity contribution in [1.82, 2.24) is 5.32 Å². The Morgan fingerprint density at radius 1 is 1.05 bits per heavy atom. The average Bonchev–Trinajstić information content (AvgIpc) is 2.40. The van der Waals surface area contributed by atoms with Crippen LogP contribution in [0.4, 0.5) is 8.78 Å². The molecule has 1 aromatic rings.